The lowest BCUT2D eigenvalue weighted by Crippen LogP contribution is -2.42. The molecule has 0 spiro atoms. The molecule has 2 unspecified atom stereocenters. The molecule has 2 aromatic carbocycles. The number of benzene rings is 2. The van der Waals surface area contributed by atoms with E-state index in [0.717, 1.165) is 12.3 Å². The molecule has 6 atom stereocenters. The quantitative estimate of drug-likeness (QED) is 0.446. The van der Waals surface area contributed by atoms with Crippen molar-refractivity contribution in [2.45, 2.75) is 51.0 Å². The molecule has 1 aromatic heterocycles. The molecule has 3 nitrogen and oxygen atoms in total. The summed E-state index contributed by atoms with van der Waals surface area (Å²) in [5.74, 6) is 2.97. The predicted octanol–water partition coefficient (Wildman–Crippen LogP) is 7.15. The minimum Gasteiger partial charge on any atom is -0.508 e. The van der Waals surface area contributed by atoms with Crippen LogP contribution in [0.25, 0.3) is 0 Å². The van der Waals surface area contributed by atoms with E-state index < -0.39 is 0 Å². The van der Waals surface area contributed by atoms with E-state index in [2.05, 4.69) is 65.8 Å². The Labute approximate surface area is 199 Å². The van der Waals surface area contributed by atoms with Gasteiger partial charge in [0.25, 0.3) is 0 Å². The summed E-state index contributed by atoms with van der Waals surface area (Å²) in [5, 5.41) is 20.0. The molecule has 2 fully saturated rings. The van der Waals surface area contributed by atoms with Gasteiger partial charge in [0, 0.05) is 16.2 Å². The van der Waals surface area contributed by atoms with E-state index in [-0.39, 0.29) is 5.41 Å². The predicted molar refractivity (Wildman–Crippen MR) is 135 cm³/mol. The number of rotatable bonds is 2. The van der Waals surface area contributed by atoms with E-state index in [0.29, 0.717) is 29.5 Å². The number of hydrazone groups is 1. The maximum Gasteiger partial charge on any atom is 0.115 e. The fraction of sp³-hybridized carbons (Fsp3) is 0.414. The molecule has 3 aliphatic carbocycles. The second kappa shape index (κ2) is 7.20. The topological polar surface area (TPSA) is 35.8 Å². The number of anilines is 1. The molecule has 4 aliphatic rings. The molecular weight excluding hydrogens is 424 g/mol. The highest BCUT2D eigenvalue weighted by atomic mass is 32.1. The highest BCUT2D eigenvalue weighted by Gasteiger charge is 2.61. The van der Waals surface area contributed by atoms with Crippen LogP contribution in [0.3, 0.4) is 0 Å². The molecular formula is C29H30N2OS. The highest BCUT2D eigenvalue weighted by Crippen LogP contribution is 2.65. The number of thiophene rings is 1. The van der Waals surface area contributed by atoms with Crippen molar-refractivity contribution in [2.24, 2.45) is 28.3 Å². The molecule has 0 bridgehead atoms. The van der Waals surface area contributed by atoms with E-state index in [1.54, 1.807) is 0 Å². The minimum atomic E-state index is 0.194. The first kappa shape index (κ1) is 19.8. The summed E-state index contributed by atoms with van der Waals surface area (Å²) in [7, 11) is 0. The molecule has 3 aromatic rings. The van der Waals surface area contributed by atoms with Gasteiger partial charge >= 0.3 is 0 Å². The Kier molecular flexibility index (Phi) is 4.33. The fourth-order valence-corrected chi connectivity index (χ4v) is 8.72. The number of aryl methyl sites for hydroxylation is 1. The summed E-state index contributed by atoms with van der Waals surface area (Å²) in [5.41, 5.74) is 5.75. The van der Waals surface area contributed by atoms with Crippen LogP contribution in [-0.2, 0) is 6.42 Å². The molecule has 2 saturated carbocycles. The van der Waals surface area contributed by atoms with Gasteiger partial charge in [-0.15, -0.1) is 11.3 Å². The second-order valence-corrected chi connectivity index (χ2v) is 11.7. The number of fused-ring (bicyclic) bond motifs is 7. The van der Waals surface area contributed by atoms with Crippen molar-refractivity contribution < 1.29 is 5.11 Å². The van der Waals surface area contributed by atoms with Crippen LogP contribution in [0.2, 0.25) is 0 Å². The molecule has 168 valence electrons. The Hall–Kier alpha value is -2.59. The van der Waals surface area contributed by atoms with Crippen LogP contribution in [0.15, 0.2) is 71.1 Å². The summed E-state index contributed by atoms with van der Waals surface area (Å²) in [6.45, 7) is 2.53. The summed E-state index contributed by atoms with van der Waals surface area (Å²) < 4.78 is 0. The fourth-order valence-electron chi connectivity index (χ4n) is 7.84. The first-order valence-electron chi connectivity index (χ1n) is 12.4. The van der Waals surface area contributed by atoms with Gasteiger partial charge in [-0.2, -0.15) is 5.10 Å². The number of hydrogen-bond acceptors (Lipinski definition) is 4. The van der Waals surface area contributed by atoms with E-state index in [9.17, 15) is 5.11 Å². The normalized spacial score (nSPS) is 34.3. The van der Waals surface area contributed by atoms with Gasteiger partial charge in [0.1, 0.15) is 5.75 Å². The van der Waals surface area contributed by atoms with Crippen molar-refractivity contribution in [1.82, 2.24) is 0 Å². The smallest absolute Gasteiger partial charge is 0.115 e. The number of hydrogen-bond donors (Lipinski definition) is 1. The molecule has 0 saturated heterocycles. The van der Waals surface area contributed by atoms with E-state index in [4.69, 9.17) is 5.10 Å². The van der Waals surface area contributed by atoms with Gasteiger partial charge in [0.15, 0.2) is 0 Å². The van der Waals surface area contributed by atoms with Crippen molar-refractivity contribution in [2.75, 3.05) is 5.01 Å². The van der Waals surface area contributed by atoms with Crippen LogP contribution in [0, 0.1) is 23.2 Å². The van der Waals surface area contributed by atoms with Gasteiger partial charge < -0.3 is 5.11 Å². The summed E-state index contributed by atoms with van der Waals surface area (Å²) in [6.07, 6.45) is 6.03. The minimum absolute atomic E-state index is 0.194. The molecule has 0 radical (unpaired) electrons. The van der Waals surface area contributed by atoms with Crippen molar-refractivity contribution in [1.29, 1.82) is 0 Å². The van der Waals surface area contributed by atoms with Gasteiger partial charge in [-0.05, 0) is 96.7 Å². The molecule has 1 N–H and O–H groups in total. The monoisotopic (exact) mass is 454 g/mol. The van der Waals surface area contributed by atoms with Gasteiger partial charge in [-0.25, -0.2) is 0 Å². The van der Waals surface area contributed by atoms with Gasteiger partial charge in [0.05, 0.1) is 17.4 Å². The summed E-state index contributed by atoms with van der Waals surface area (Å²) in [4.78, 5) is 1.44. The van der Waals surface area contributed by atoms with Gasteiger partial charge in [0.2, 0.25) is 0 Å². The Morgan fingerprint density at radius 1 is 1.03 bits per heavy atom. The van der Waals surface area contributed by atoms with Crippen LogP contribution in [0.5, 0.6) is 5.75 Å². The van der Waals surface area contributed by atoms with E-state index >= 15 is 0 Å². The van der Waals surface area contributed by atoms with Crippen molar-refractivity contribution in [3.8, 4) is 5.75 Å². The lowest BCUT2D eigenvalue weighted by molar-refractivity contribution is 0.0909. The van der Waals surface area contributed by atoms with Crippen LogP contribution in [0.4, 0.5) is 5.69 Å². The molecule has 7 rings (SSSR count). The second-order valence-electron chi connectivity index (χ2n) is 10.7. The maximum absolute atomic E-state index is 10.0. The average Bonchev–Trinajstić information content (AvgIpc) is 3.54. The zero-order valence-corrected chi connectivity index (χ0v) is 19.8. The van der Waals surface area contributed by atoms with Crippen LogP contribution >= 0.6 is 11.3 Å². The average molecular weight is 455 g/mol. The number of phenols is 1. The van der Waals surface area contributed by atoms with Crippen LogP contribution in [0.1, 0.15) is 60.6 Å². The summed E-state index contributed by atoms with van der Waals surface area (Å²) in [6, 6.07) is 21.7. The van der Waals surface area contributed by atoms with Crippen molar-refractivity contribution in [3.63, 3.8) is 0 Å². The number of phenolic OH excluding ortho intramolecular Hbond substituents is 1. The third kappa shape index (κ3) is 2.83. The Balaban J connectivity index is 1.29. The first-order valence-corrected chi connectivity index (χ1v) is 13.3. The SMILES string of the molecule is C[C@]12CC[C@@H]3c4ccc(O)cc4CC[C@H]3[C@@H]1CC1C2=NN(c2ccccc2)C1c1cccs1. The van der Waals surface area contributed by atoms with Crippen molar-refractivity contribution in [3.05, 3.63) is 82.0 Å². The standard InChI is InChI=1S/C29H30N2OS/c1-29-14-13-22-21-12-10-20(32)16-18(21)9-11-23(22)25(29)17-24-27(26-8-5-15-33-26)31(30-28(24)29)19-6-3-2-4-7-19/h2-8,10,12,15-16,22-25,27,32H,9,11,13-14,17H2,1H3/t22-,23-,24?,25+,27?,29+/m1/s1. The van der Waals surface area contributed by atoms with Crippen molar-refractivity contribution >= 4 is 22.7 Å². The Morgan fingerprint density at radius 3 is 2.73 bits per heavy atom. The first-order chi connectivity index (χ1) is 16.1. The third-order valence-corrected chi connectivity index (χ3v) is 10.2. The largest absolute Gasteiger partial charge is 0.508 e. The molecule has 0 amide bonds. The molecule has 1 aliphatic heterocycles. The lowest BCUT2D eigenvalue weighted by Gasteiger charge is -2.49. The van der Waals surface area contributed by atoms with Crippen LogP contribution in [-0.4, -0.2) is 10.8 Å². The number of aromatic hydroxyl groups is 1. The third-order valence-electron chi connectivity index (χ3n) is 9.26. The Morgan fingerprint density at radius 2 is 1.91 bits per heavy atom. The zero-order chi connectivity index (χ0) is 22.2. The van der Waals surface area contributed by atoms with E-state index in [1.165, 1.54) is 53.1 Å². The number of nitrogens with zero attached hydrogens (tertiary/aromatic N) is 2. The highest BCUT2D eigenvalue weighted by molar-refractivity contribution is 7.10. The number of para-hydroxylation sites is 1. The van der Waals surface area contributed by atoms with E-state index in [1.807, 2.05) is 23.5 Å². The zero-order valence-electron chi connectivity index (χ0n) is 19.0. The molecule has 4 heteroatoms. The van der Waals surface area contributed by atoms with Crippen LogP contribution < -0.4 is 5.01 Å². The molecule has 2 heterocycles. The van der Waals surface area contributed by atoms with Gasteiger partial charge in [-0.3, -0.25) is 5.01 Å². The maximum atomic E-state index is 10.0. The summed E-state index contributed by atoms with van der Waals surface area (Å²) >= 11 is 1.88. The van der Waals surface area contributed by atoms with Gasteiger partial charge in [-0.1, -0.05) is 37.3 Å². The Bertz CT molecular complexity index is 1220. The lowest BCUT2D eigenvalue weighted by atomic mass is 9.55. The molecule has 33 heavy (non-hydrogen) atoms.